The molecule has 0 bridgehead atoms. The second kappa shape index (κ2) is 9.24. The van der Waals surface area contributed by atoms with Gasteiger partial charge in [-0.3, -0.25) is 4.79 Å². The first-order valence-electron chi connectivity index (χ1n) is 11.1. The molecular formula is C25H25Cl2N5O2. The number of carbonyl (C=O) groups is 1. The lowest BCUT2D eigenvalue weighted by atomic mass is 9.94. The van der Waals surface area contributed by atoms with Gasteiger partial charge in [-0.05, 0) is 48.9 Å². The van der Waals surface area contributed by atoms with E-state index in [9.17, 15) is 4.79 Å². The average molecular weight is 498 g/mol. The topological polar surface area (TPSA) is 62.6 Å². The standard InChI is InChI=1S/C25H25Cl2N5O2/c1-16-23(24(32-22(29-16)9-10-28-32)17-3-8-20(26)21(27)15-17)25(33)31-13-11-30(12-14-31)18-4-6-19(34-2)7-5-18/h3-10,15,24,29H,11-14H2,1-2H3. The average Bonchev–Trinajstić information content (AvgIpc) is 3.33. The first-order chi connectivity index (χ1) is 16.5. The minimum absolute atomic E-state index is 0.00315. The molecule has 1 unspecified atom stereocenters. The number of rotatable bonds is 4. The number of hydrogen-bond donors (Lipinski definition) is 1. The molecule has 176 valence electrons. The molecule has 1 saturated heterocycles. The highest BCUT2D eigenvalue weighted by Gasteiger charge is 2.36. The normalized spacial score (nSPS) is 17.9. The Labute approximate surface area is 208 Å². The van der Waals surface area contributed by atoms with Crippen LogP contribution in [0, 0.1) is 0 Å². The van der Waals surface area contributed by atoms with Crippen LogP contribution in [-0.4, -0.2) is 53.9 Å². The molecular weight excluding hydrogens is 473 g/mol. The molecule has 34 heavy (non-hydrogen) atoms. The highest BCUT2D eigenvalue weighted by molar-refractivity contribution is 6.42. The van der Waals surface area contributed by atoms with E-state index in [-0.39, 0.29) is 5.91 Å². The summed E-state index contributed by atoms with van der Waals surface area (Å²) in [5.74, 6) is 1.65. The van der Waals surface area contributed by atoms with Gasteiger partial charge in [0.05, 0.1) is 28.9 Å². The van der Waals surface area contributed by atoms with Gasteiger partial charge < -0.3 is 19.9 Å². The van der Waals surface area contributed by atoms with Crippen LogP contribution in [-0.2, 0) is 4.79 Å². The molecule has 2 aliphatic heterocycles. The molecule has 2 aromatic carbocycles. The van der Waals surface area contributed by atoms with Crippen molar-refractivity contribution in [1.82, 2.24) is 14.7 Å². The van der Waals surface area contributed by atoms with E-state index in [0.29, 0.717) is 28.7 Å². The highest BCUT2D eigenvalue weighted by Crippen LogP contribution is 2.38. The summed E-state index contributed by atoms with van der Waals surface area (Å²) in [5.41, 5.74) is 3.46. The molecule has 3 heterocycles. The lowest BCUT2D eigenvalue weighted by Crippen LogP contribution is -2.50. The predicted octanol–water partition coefficient (Wildman–Crippen LogP) is 4.84. The first-order valence-corrected chi connectivity index (χ1v) is 11.9. The fourth-order valence-corrected chi connectivity index (χ4v) is 4.91. The van der Waals surface area contributed by atoms with Crippen LogP contribution in [0.1, 0.15) is 18.5 Å². The number of hydrogen-bond acceptors (Lipinski definition) is 5. The zero-order chi connectivity index (χ0) is 23.8. The molecule has 1 N–H and O–H groups in total. The van der Waals surface area contributed by atoms with Crippen LogP contribution in [0.15, 0.2) is 66.0 Å². The largest absolute Gasteiger partial charge is 0.497 e. The van der Waals surface area contributed by atoms with E-state index >= 15 is 0 Å². The van der Waals surface area contributed by atoms with Gasteiger partial charge in [-0.1, -0.05) is 29.3 Å². The summed E-state index contributed by atoms with van der Waals surface area (Å²) >= 11 is 12.5. The second-order valence-corrected chi connectivity index (χ2v) is 9.19. The van der Waals surface area contributed by atoms with E-state index < -0.39 is 6.04 Å². The summed E-state index contributed by atoms with van der Waals surface area (Å²) in [6.45, 7) is 4.69. The maximum atomic E-state index is 13.9. The number of anilines is 2. The Morgan fingerprint density at radius 1 is 1.03 bits per heavy atom. The number of nitrogens with zero attached hydrogens (tertiary/aromatic N) is 4. The van der Waals surface area contributed by atoms with E-state index in [2.05, 4.69) is 15.3 Å². The Balaban J connectivity index is 1.40. The van der Waals surface area contributed by atoms with Crippen LogP contribution in [0.3, 0.4) is 0 Å². The van der Waals surface area contributed by atoms with Crippen LogP contribution < -0.4 is 15.0 Å². The molecule has 0 spiro atoms. The molecule has 2 aliphatic rings. The van der Waals surface area contributed by atoms with Crippen molar-refractivity contribution in [3.8, 4) is 5.75 Å². The van der Waals surface area contributed by atoms with Crippen molar-refractivity contribution in [3.63, 3.8) is 0 Å². The number of carbonyl (C=O) groups excluding carboxylic acids is 1. The number of piperazine rings is 1. The number of fused-ring (bicyclic) bond motifs is 1. The SMILES string of the molecule is COc1ccc(N2CCN(C(=O)C3=C(C)Nc4ccnn4C3c3ccc(Cl)c(Cl)c3)CC2)cc1. The molecule has 9 heteroatoms. The van der Waals surface area contributed by atoms with Crippen molar-refractivity contribution in [1.29, 1.82) is 0 Å². The van der Waals surface area contributed by atoms with E-state index in [0.717, 1.165) is 41.6 Å². The summed E-state index contributed by atoms with van der Waals surface area (Å²) in [6.07, 6.45) is 1.72. The maximum Gasteiger partial charge on any atom is 0.254 e. The number of halogens is 2. The molecule has 0 saturated carbocycles. The van der Waals surface area contributed by atoms with Gasteiger partial charge in [0.2, 0.25) is 0 Å². The summed E-state index contributed by atoms with van der Waals surface area (Å²) in [5, 5.41) is 8.76. The quantitative estimate of drug-likeness (QED) is 0.558. The molecule has 1 atom stereocenters. The van der Waals surface area contributed by atoms with Gasteiger partial charge >= 0.3 is 0 Å². The van der Waals surface area contributed by atoms with Crippen LogP contribution in [0.5, 0.6) is 5.75 Å². The van der Waals surface area contributed by atoms with E-state index in [1.807, 2.05) is 59.0 Å². The number of allylic oxidation sites excluding steroid dienone is 1. The number of methoxy groups -OCH3 is 1. The van der Waals surface area contributed by atoms with Gasteiger partial charge in [-0.15, -0.1) is 0 Å². The number of benzene rings is 2. The Morgan fingerprint density at radius 3 is 2.44 bits per heavy atom. The zero-order valence-corrected chi connectivity index (χ0v) is 20.5. The van der Waals surface area contributed by atoms with Crippen LogP contribution in [0.4, 0.5) is 11.5 Å². The Kier molecular flexibility index (Phi) is 6.15. The maximum absolute atomic E-state index is 13.9. The summed E-state index contributed by atoms with van der Waals surface area (Å²) in [7, 11) is 1.66. The van der Waals surface area contributed by atoms with Crippen molar-refractivity contribution in [2.75, 3.05) is 43.5 Å². The van der Waals surface area contributed by atoms with E-state index in [1.165, 1.54) is 0 Å². The highest BCUT2D eigenvalue weighted by atomic mass is 35.5. The van der Waals surface area contributed by atoms with Gasteiger partial charge in [-0.25, -0.2) is 4.68 Å². The number of aromatic nitrogens is 2. The number of ether oxygens (including phenoxy) is 1. The Bertz CT molecular complexity index is 1250. The summed E-state index contributed by atoms with van der Waals surface area (Å²) in [4.78, 5) is 18.0. The zero-order valence-electron chi connectivity index (χ0n) is 19.0. The number of nitrogens with one attached hydrogen (secondary N) is 1. The lowest BCUT2D eigenvalue weighted by molar-refractivity contribution is -0.127. The van der Waals surface area contributed by atoms with E-state index in [4.69, 9.17) is 27.9 Å². The first kappa shape index (κ1) is 22.6. The molecule has 0 aliphatic carbocycles. The van der Waals surface area contributed by atoms with Crippen LogP contribution >= 0.6 is 23.2 Å². The molecule has 1 aromatic heterocycles. The van der Waals surface area contributed by atoms with Crippen molar-refractivity contribution in [3.05, 3.63) is 81.6 Å². The molecule has 0 radical (unpaired) electrons. The van der Waals surface area contributed by atoms with Crippen molar-refractivity contribution in [2.24, 2.45) is 0 Å². The van der Waals surface area contributed by atoms with Gasteiger partial charge in [0.15, 0.2) is 0 Å². The Morgan fingerprint density at radius 2 is 1.76 bits per heavy atom. The molecule has 7 nitrogen and oxygen atoms in total. The lowest BCUT2D eigenvalue weighted by Gasteiger charge is -2.38. The monoisotopic (exact) mass is 497 g/mol. The van der Waals surface area contributed by atoms with Crippen molar-refractivity contribution < 1.29 is 9.53 Å². The van der Waals surface area contributed by atoms with Crippen LogP contribution in [0.2, 0.25) is 10.0 Å². The smallest absolute Gasteiger partial charge is 0.254 e. The van der Waals surface area contributed by atoms with Gasteiger partial charge in [0, 0.05) is 43.6 Å². The van der Waals surface area contributed by atoms with Crippen LogP contribution in [0.25, 0.3) is 0 Å². The molecule has 3 aromatic rings. The fraction of sp³-hybridized carbons (Fsp3) is 0.280. The molecule has 1 amide bonds. The second-order valence-electron chi connectivity index (χ2n) is 8.38. The fourth-order valence-electron chi connectivity index (χ4n) is 4.60. The van der Waals surface area contributed by atoms with Gasteiger partial charge in [-0.2, -0.15) is 5.10 Å². The van der Waals surface area contributed by atoms with Crippen molar-refractivity contribution >= 4 is 40.6 Å². The third-order valence-corrected chi connectivity index (χ3v) is 7.14. The Hall–Kier alpha value is -3.16. The minimum Gasteiger partial charge on any atom is -0.497 e. The molecule has 1 fully saturated rings. The van der Waals surface area contributed by atoms with Gasteiger partial charge in [0.1, 0.15) is 17.6 Å². The third-order valence-electron chi connectivity index (χ3n) is 6.40. The number of amides is 1. The van der Waals surface area contributed by atoms with E-state index in [1.54, 1.807) is 19.4 Å². The third kappa shape index (κ3) is 4.10. The minimum atomic E-state index is -0.395. The van der Waals surface area contributed by atoms with Gasteiger partial charge in [0.25, 0.3) is 5.91 Å². The molecule has 5 rings (SSSR count). The predicted molar refractivity (Wildman–Crippen MR) is 135 cm³/mol. The summed E-state index contributed by atoms with van der Waals surface area (Å²) < 4.78 is 7.08. The van der Waals surface area contributed by atoms with Crippen molar-refractivity contribution in [2.45, 2.75) is 13.0 Å². The summed E-state index contributed by atoms with van der Waals surface area (Å²) in [6, 6.07) is 15.0.